The van der Waals surface area contributed by atoms with Gasteiger partial charge in [-0.1, -0.05) is 0 Å². The Morgan fingerprint density at radius 3 is 2.31 bits per heavy atom. The number of fused-ring (bicyclic) bond motifs is 2. The molecule has 2 bridgehead atoms. The minimum Gasteiger partial charge on any atom is -0.394 e. The SMILES string of the molecule is O=C(CC1CCC(OCCCC2CCN(C3NCC(Cl)CN3)CC2)CC1F)N1C[C@H]2C[C@@H]1CN2C[C@H](O)[C@@H](O)[C@H](O)[C@H](O)CO. The van der Waals surface area contributed by atoms with Crippen LogP contribution >= 0.6 is 11.6 Å². The van der Waals surface area contributed by atoms with Crippen LogP contribution in [0.5, 0.6) is 0 Å². The van der Waals surface area contributed by atoms with Gasteiger partial charge < -0.3 is 35.2 Å². The fourth-order valence-corrected chi connectivity index (χ4v) is 8.24. The molecule has 0 aromatic heterocycles. The predicted molar refractivity (Wildman–Crippen MR) is 166 cm³/mol. The van der Waals surface area contributed by atoms with E-state index in [1.807, 2.05) is 9.80 Å². The monoisotopic (exact) mass is 663 g/mol. The lowest BCUT2D eigenvalue weighted by molar-refractivity contribution is -0.137. The van der Waals surface area contributed by atoms with Crippen LogP contribution < -0.4 is 10.6 Å². The second kappa shape index (κ2) is 16.6. The first-order chi connectivity index (χ1) is 21.6. The molecule has 5 rings (SSSR count). The van der Waals surface area contributed by atoms with Crippen molar-refractivity contribution < 1.29 is 39.5 Å². The molecule has 0 aromatic carbocycles. The Balaban J connectivity index is 0.937. The lowest BCUT2D eigenvalue weighted by atomic mass is 9.83. The molecule has 4 heterocycles. The average molecular weight is 664 g/mol. The minimum absolute atomic E-state index is 0.0173. The standard InChI is InChI=1S/C31H55ClFN5O7/c32-21-13-34-31(35-14-21)36-7-5-19(6-8-36)2-1-9-45-24-4-3-20(25(33)12-24)10-28(42)38-16-22-11-23(38)15-37(22)17-26(40)29(43)30(44)27(41)18-39/h19-27,29-31,34-35,39-41,43-44H,1-18H2/t20?,21?,22-,23-,24?,25?,26+,27-,29-,30-,31?/m1/s1. The summed E-state index contributed by atoms with van der Waals surface area (Å²) < 4.78 is 21.3. The molecule has 260 valence electrons. The number of amides is 1. The highest BCUT2D eigenvalue weighted by Gasteiger charge is 2.47. The fourth-order valence-electron chi connectivity index (χ4n) is 8.06. The third-order valence-corrected chi connectivity index (χ3v) is 11.2. The minimum atomic E-state index is -1.66. The molecule has 9 atom stereocenters. The van der Waals surface area contributed by atoms with Crippen LogP contribution in [0.1, 0.15) is 57.8 Å². The Bertz CT molecular complexity index is 931. The van der Waals surface area contributed by atoms with E-state index in [0.29, 0.717) is 38.5 Å². The first-order valence-corrected chi connectivity index (χ1v) is 17.5. The van der Waals surface area contributed by atoms with Gasteiger partial charge in [0.15, 0.2) is 0 Å². The number of likely N-dealkylation sites (tertiary alicyclic amines) is 3. The van der Waals surface area contributed by atoms with Gasteiger partial charge in [0.1, 0.15) is 30.8 Å². The molecule has 5 aliphatic rings. The van der Waals surface area contributed by atoms with Gasteiger partial charge in [-0.05, 0) is 56.8 Å². The molecule has 4 saturated heterocycles. The predicted octanol–water partition coefficient (Wildman–Crippen LogP) is -0.803. The molecule has 0 radical (unpaired) electrons. The van der Waals surface area contributed by atoms with Gasteiger partial charge in [-0.3, -0.25) is 25.2 Å². The molecular weight excluding hydrogens is 609 g/mol. The summed E-state index contributed by atoms with van der Waals surface area (Å²) >= 11 is 6.16. The number of hydrogen-bond donors (Lipinski definition) is 7. The summed E-state index contributed by atoms with van der Waals surface area (Å²) in [6.07, 6.45) is 0.163. The van der Waals surface area contributed by atoms with E-state index in [1.165, 1.54) is 12.8 Å². The van der Waals surface area contributed by atoms with Crippen molar-refractivity contribution >= 4 is 17.5 Å². The molecule has 1 aliphatic carbocycles. The van der Waals surface area contributed by atoms with Crippen molar-refractivity contribution in [2.24, 2.45) is 11.8 Å². The quantitative estimate of drug-likeness (QED) is 0.0921. The molecule has 3 unspecified atom stereocenters. The second-order valence-corrected chi connectivity index (χ2v) is 14.7. The number of nitrogens with one attached hydrogen (secondary N) is 2. The number of halogens is 2. The van der Waals surface area contributed by atoms with E-state index in [1.54, 1.807) is 0 Å². The number of carbonyl (C=O) groups is 1. The number of piperidine rings is 1. The van der Waals surface area contributed by atoms with Gasteiger partial charge in [-0.2, -0.15) is 0 Å². The van der Waals surface area contributed by atoms with Crippen LogP contribution in [0.25, 0.3) is 0 Å². The van der Waals surface area contributed by atoms with Crippen molar-refractivity contribution in [2.75, 3.05) is 59.0 Å². The van der Waals surface area contributed by atoms with Crippen LogP contribution in [-0.4, -0.2) is 166 Å². The molecule has 14 heteroatoms. The number of rotatable bonds is 14. The average Bonchev–Trinajstić information content (AvgIpc) is 3.65. The van der Waals surface area contributed by atoms with Crippen LogP contribution in [0, 0.1) is 11.8 Å². The number of ether oxygens (including phenoxy) is 1. The summed E-state index contributed by atoms with van der Waals surface area (Å²) in [5, 5.41) is 56.0. The molecule has 4 aliphatic heterocycles. The first-order valence-electron chi connectivity index (χ1n) is 17.1. The van der Waals surface area contributed by atoms with Gasteiger partial charge in [0.05, 0.1) is 24.2 Å². The Morgan fingerprint density at radius 2 is 1.67 bits per heavy atom. The normalized spacial score (nSPS) is 36.2. The van der Waals surface area contributed by atoms with Gasteiger partial charge in [-0.25, -0.2) is 4.39 Å². The number of aliphatic hydroxyl groups is 5. The van der Waals surface area contributed by atoms with Crippen LogP contribution in [0.2, 0.25) is 0 Å². The lowest BCUT2D eigenvalue weighted by Gasteiger charge is -2.41. The van der Waals surface area contributed by atoms with Crippen molar-refractivity contribution in [1.82, 2.24) is 25.3 Å². The first kappa shape index (κ1) is 35.6. The molecule has 1 saturated carbocycles. The fraction of sp³-hybridized carbons (Fsp3) is 0.968. The molecule has 7 N–H and O–H groups in total. The van der Waals surface area contributed by atoms with E-state index in [9.17, 15) is 25.2 Å². The smallest absolute Gasteiger partial charge is 0.223 e. The number of carbonyl (C=O) groups excluding carboxylic acids is 1. The van der Waals surface area contributed by atoms with Gasteiger partial charge in [0, 0.05) is 77.3 Å². The topological polar surface area (TPSA) is 161 Å². The van der Waals surface area contributed by atoms with Crippen molar-refractivity contribution in [2.45, 2.75) is 118 Å². The van der Waals surface area contributed by atoms with Crippen LogP contribution in [-0.2, 0) is 9.53 Å². The maximum atomic E-state index is 15.2. The summed E-state index contributed by atoms with van der Waals surface area (Å²) in [5.74, 6) is 0.381. The van der Waals surface area contributed by atoms with E-state index in [2.05, 4.69) is 15.5 Å². The zero-order chi connectivity index (χ0) is 32.1. The maximum absolute atomic E-state index is 15.2. The Kier molecular flexibility index (Phi) is 13.1. The molecule has 0 aromatic rings. The summed E-state index contributed by atoms with van der Waals surface area (Å²) in [5.41, 5.74) is 0. The highest BCUT2D eigenvalue weighted by Crippen LogP contribution is 2.36. The van der Waals surface area contributed by atoms with Crippen molar-refractivity contribution in [3.63, 3.8) is 0 Å². The van der Waals surface area contributed by atoms with Crippen molar-refractivity contribution in [3.8, 4) is 0 Å². The summed E-state index contributed by atoms with van der Waals surface area (Å²) in [4.78, 5) is 19.5. The highest BCUT2D eigenvalue weighted by atomic mass is 35.5. The Hall–Kier alpha value is -0.710. The summed E-state index contributed by atoms with van der Waals surface area (Å²) in [6, 6.07) is -0.00677. The maximum Gasteiger partial charge on any atom is 0.223 e. The van der Waals surface area contributed by atoms with Crippen molar-refractivity contribution in [3.05, 3.63) is 0 Å². The van der Waals surface area contributed by atoms with Gasteiger partial charge in [0.2, 0.25) is 5.91 Å². The molecule has 12 nitrogen and oxygen atoms in total. The Morgan fingerprint density at radius 1 is 0.956 bits per heavy atom. The number of nitrogens with zero attached hydrogens (tertiary/aromatic N) is 3. The van der Waals surface area contributed by atoms with E-state index in [0.717, 1.165) is 51.9 Å². The van der Waals surface area contributed by atoms with Crippen LogP contribution in [0.4, 0.5) is 4.39 Å². The number of piperazine rings is 1. The zero-order valence-corrected chi connectivity index (χ0v) is 27.1. The second-order valence-electron chi connectivity index (χ2n) is 14.1. The number of hydrogen-bond acceptors (Lipinski definition) is 11. The largest absolute Gasteiger partial charge is 0.394 e. The van der Waals surface area contributed by atoms with E-state index >= 15 is 4.39 Å². The molecule has 5 fully saturated rings. The molecular formula is C31H55ClFN5O7. The highest BCUT2D eigenvalue weighted by molar-refractivity contribution is 6.21. The zero-order valence-electron chi connectivity index (χ0n) is 26.3. The van der Waals surface area contributed by atoms with E-state index < -0.39 is 37.2 Å². The van der Waals surface area contributed by atoms with Crippen molar-refractivity contribution in [1.29, 1.82) is 0 Å². The van der Waals surface area contributed by atoms with Crippen LogP contribution in [0.15, 0.2) is 0 Å². The molecule has 45 heavy (non-hydrogen) atoms. The third kappa shape index (κ3) is 9.26. The van der Waals surface area contributed by atoms with Crippen LogP contribution in [0.3, 0.4) is 0 Å². The lowest BCUT2D eigenvalue weighted by Crippen LogP contribution is -2.62. The van der Waals surface area contributed by atoms with Gasteiger partial charge >= 0.3 is 0 Å². The summed E-state index contributed by atoms with van der Waals surface area (Å²) in [7, 11) is 0. The van der Waals surface area contributed by atoms with E-state index in [4.69, 9.17) is 21.4 Å². The summed E-state index contributed by atoms with van der Waals surface area (Å²) in [6.45, 7) is 4.85. The molecule has 0 spiro atoms. The Labute approximate surface area is 271 Å². The number of alkyl halides is 2. The molecule has 1 amide bonds. The number of β-amino-alcohol motifs (C(OH)–C–C–N with tert-alkyl or cyclic N) is 1. The third-order valence-electron chi connectivity index (χ3n) is 10.9. The van der Waals surface area contributed by atoms with Gasteiger partial charge in [0.25, 0.3) is 0 Å². The van der Waals surface area contributed by atoms with E-state index in [-0.39, 0.29) is 54.6 Å². The van der Waals surface area contributed by atoms with Gasteiger partial charge in [-0.15, -0.1) is 11.6 Å². The number of aliphatic hydroxyl groups excluding tert-OH is 5.